The summed E-state index contributed by atoms with van der Waals surface area (Å²) in [6.45, 7) is 0.640. The average molecular weight is 405 g/mol. The molecule has 2 amide bonds. The zero-order chi connectivity index (χ0) is 20.3. The molecule has 29 heavy (non-hydrogen) atoms. The van der Waals surface area contributed by atoms with Gasteiger partial charge in [-0.05, 0) is 38.4 Å². The molecular weight excluding hydrogens is 368 g/mol. The molecule has 0 bridgehead atoms. The second-order valence-corrected chi connectivity index (χ2v) is 6.71. The van der Waals surface area contributed by atoms with Gasteiger partial charge >= 0.3 is 0 Å². The molecular formula is C22H36N4O3. The molecule has 0 unspecified atom stereocenters. The van der Waals surface area contributed by atoms with Gasteiger partial charge in [-0.2, -0.15) is 0 Å². The Hall–Kier alpha value is -2.74. The summed E-state index contributed by atoms with van der Waals surface area (Å²) in [5.41, 5.74) is 1.27. The topological polar surface area (TPSA) is 84.5 Å². The summed E-state index contributed by atoms with van der Waals surface area (Å²) < 4.78 is -0.529. The molecule has 0 heterocycles. The molecule has 0 aromatic heterocycles. The van der Waals surface area contributed by atoms with Gasteiger partial charge in [0.15, 0.2) is 6.67 Å². The van der Waals surface area contributed by atoms with Crippen LogP contribution in [0, 0.1) is 5.21 Å². The molecule has 2 aromatic carbocycles. The minimum Gasteiger partial charge on any atom is -0.632 e. The molecule has 0 atom stereocenters. The number of carbonyl (C=O) groups excluding carboxylic acids is 2. The summed E-state index contributed by atoms with van der Waals surface area (Å²) in [7, 11) is 6.77. The van der Waals surface area contributed by atoms with E-state index in [-0.39, 0.29) is 33.3 Å². The van der Waals surface area contributed by atoms with E-state index in [1.165, 1.54) is 14.1 Å². The van der Waals surface area contributed by atoms with E-state index in [0.717, 1.165) is 0 Å². The predicted octanol–water partition coefficient (Wildman–Crippen LogP) is 3.16. The number of hydroxylamine groups is 3. The first-order chi connectivity index (χ1) is 12.7. The zero-order valence-electron chi connectivity index (χ0n) is 16.3. The van der Waals surface area contributed by atoms with Gasteiger partial charge in [-0.15, -0.1) is 0 Å². The van der Waals surface area contributed by atoms with Crippen LogP contribution >= 0.6 is 0 Å². The number of quaternary nitrogens is 1. The Morgan fingerprint density at radius 1 is 0.828 bits per heavy atom. The fraction of sp³-hybridized carbons (Fsp3) is 0.364. The van der Waals surface area contributed by atoms with E-state index in [0.29, 0.717) is 17.8 Å². The van der Waals surface area contributed by atoms with Gasteiger partial charge in [-0.3, -0.25) is 14.5 Å². The maximum atomic E-state index is 11.4. The highest BCUT2D eigenvalue weighted by Crippen LogP contribution is 1.99. The monoisotopic (exact) mass is 404 g/mol. The number of nitrogens with zero attached hydrogens (tertiary/aromatic N) is 2. The quantitative estimate of drug-likeness (QED) is 0.440. The fourth-order valence-electron chi connectivity index (χ4n) is 1.88. The molecule has 0 fully saturated rings. The second kappa shape index (κ2) is 14.3. The van der Waals surface area contributed by atoms with Crippen LogP contribution in [0.4, 0.5) is 0 Å². The largest absolute Gasteiger partial charge is 0.632 e. The molecule has 0 spiro atoms. The Labute approximate surface area is 175 Å². The molecule has 162 valence electrons. The van der Waals surface area contributed by atoms with Gasteiger partial charge in [-0.1, -0.05) is 51.3 Å². The summed E-state index contributed by atoms with van der Waals surface area (Å²) in [6.07, 6.45) is 0. The molecule has 7 nitrogen and oxygen atoms in total. The van der Waals surface area contributed by atoms with Crippen molar-refractivity contribution in [3.05, 3.63) is 77.0 Å². The lowest BCUT2D eigenvalue weighted by atomic mass is 10.2. The molecule has 7 heteroatoms. The number of rotatable bonds is 6. The third-order valence-electron chi connectivity index (χ3n) is 3.25. The van der Waals surface area contributed by atoms with Crippen LogP contribution in [0.3, 0.4) is 0 Å². The number of benzene rings is 2. The molecule has 2 aromatic rings. The van der Waals surface area contributed by atoms with Crippen LogP contribution in [-0.4, -0.2) is 62.9 Å². The van der Waals surface area contributed by atoms with E-state index in [2.05, 4.69) is 10.6 Å². The summed E-state index contributed by atoms with van der Waals surface area (Å²) in [6, 6.07) is 18.0. The number of carbonyl (C=O) groups is 2. The Bertz CT molecular complexity index is 699. The van der Waals surface area contributed by atoms with Crippen molar-refractivity contribution in [2.75, 3.05) is 41.5 Å². The van der Waals surface area contributed by atoms with Gasteiger partial charge in [0.1, 0.15) is 0 Å². The number of hydrogen-bond acceptors (Lipinski definition) is 4. The third-order valence-corrected chi connectivity index (χ3v) is 3.25. The summed E-state index contributed by atoms with van der Waals surface area (Å²) in [4.78, 5) is 24.7. The normalized spacial score (nSPS) is 9.86. The van der Waals surface area contributed by atoms with E-state index in [4.69, 9.17) is 0 Å². The average Bonchev–Trinajstić information content (AvgIpc) is 2.65. The van der Waals surface area contributed by atoms with E-state index in [1.54, 1.807) is 36.4 Å². The van der Waals surface area contributed by atoms with Crippen molar-refractivity contribution in [3.63, 3.8) is 0 Å². The first kappa shape index (κ1) is 28.5. The summed E-state index contributed by atoms with van der Waals surface area (Å²) in [5, 5.41) is 16.5. The highest BCUT2D eigenvalue weighted by molar-refractivity contribution is 5.94. The standard InChI is InChI=1S/C10H14N2O2.C10H14N2O.2CH4/c1-12(2,14)8-11-10(13)9-6-4-3-5-7-9;1-12(2)8-11-10(13)9-6-4-3-5-7-9;;/h3-7H,8H2,1-2H3,(H,11,13);3-7H,8H2,1-2H3,(H,11,13);2*1H4. The van der Waals surface area contributed by atoms with Gasteiger partial charge < -0.3 is 20.5 Å². The van der Waals surface area contributed by atoms with Crippen molar-refractivity contribution in [1.82, 2.24) is 15.5 Å². The molecule has 0 saturated carbocycles. The summed E-state index contributed by atoms with van der Waals surface area (Å²) >= 11 is 0. The van der Waals surface area contributed by atoms with Crippen LogP contribution in [0.15, 0.2) is 60.7 Å². The van der Waals surface area contributed by atoms with Crippen LogP contribution in [0.5, 0.6) is 0 Å². The van der Waals surface area contributed by atoms with Crippen LogP contribution in [0.2, 0.25) is 0 Å². The van der Waals surface area contributed by atoms with Crippen LogP contribution in [0.25, 0.3) is 0 Å². The molecule has 2 rings (SSSR count). The Balaban J connectivity index is 0. The van der Waals surface area contributed by atoms with Crippen LogP contribution in [-0.2, 0) is 0 Å². The van der Waals surface area contributed by atoms with E-state index >= 15 is 0 Å². The summed E-state index contributed by atoms with van der Waals surface area (Å²) in [5.74, 6) is -0.248. The molecule has 0 aliphatic carbocycles. The maximum Gasteiger partial charge on any atom is 0.255 e. The minimum absolute atomic E-state index is 0. The van der Waals surface area contributed by atoms with Gasteiger partial charge in [0.2, 0.25) is 0 Å². The smallest absolute Gasteiger partial charge is 0.255 e. The second-order valence-electron chi connectivity index (χ2n) is 6.71. The lowest BCUT2D eigenvalue weighted by Gasteiger charge is -2.33. The van der Waals surface area contributed by atoms with Crippen molar-refractivity contribution in [2.24, 2.45) is 0 Å². The maximum absolute atomic E-state index is 11.4. The third kappa shape index (κ3) is 13.1. The molecule has 0 aliphatic rings. The molecule has 2 N–H and O–H groups in total. The van der Waals surface area contributed by atoms with Gasteiger partial charge in [0, 0.05) is 11.1 Å². The first-order valence-electron chi connectivity index (χ1n) is 8.54. The molecule has 0 radical (unpaired) electrons. The van der Waals surface area contributed by atoms with Gasteiger partial charge in [-0.25, -0.2) is 0 Å². The predicted molar refractivity (Wildman–Crippen MR) is 120 cm³/mol. The lowest BCUT2D eigenvalue weighted by Crippen LogP contribution is -2.43. The Morgan fingerprint density at radius 3 is 1.55 bits per heavy atom. The van der Waals surface area contributed by atoms with Crippen molar-refractivity contribution in [1.29, 1.82) is 0 Å². The molecule has 0 saturated heterocycles. The molecule has 0 aliphatic heterocycles. The SMILES string of the molecule is C.C.CN(C)CNC(=O)c1ccccc1.C[N+](C)([O-])CNC(=O)c1ccccc1. The van der Waals surface area contributed by atoms with E-state index in [9.17, 15) is 14.8 Å². The lowest BCUT2D eigenvalue weighted by molar-refractivity contribution is -0.841. The Morgan fingerprint density at radius 2 is 1.21 bits per heavy atom. The Kier molecular flexibility index (Phi) is 14.0. The zero-order valence-corrected chi connectivity index (χ0v) is 16.3. The van der Waals surface area contributed by atoms with E-state index in [1.807, 2.05) is 43.3 Å². The van der Waals surface area contributed by atoms with Crippen LogP contribution in [0.1, 0.15) is 35.6 Å². The number of hydrogen-bond donors (Lipinski definition) is 2. The highest BCUT2D eigenvalue weighted by Gasteiger charge is 2.07. The fourth-order valence-corrected chi connectivity index (χ4v) is 1.88. The van der Waals surface area contributed by atoms with E-state index < -0.39 is 4.65 Å². The van der Waals surface area contributed by atoms with Gasteiger partial charge in [0.25, 0.3) is 11.8 Å². The van der Waals surface area contributed by atoms with Crippen molar-refractivity contribution in [3.8, 4) is 0 Å². The van der Waals surface area contributed by atoms with Crippen molar-refractivity contribution in [2.45, 2.75) is 14.9 Å². The minimum atomic E-state index is -0.529. The van der Waals surface area contributed by atoms with Crippen molar-refractivity contribution < 1.29 is 14.2 Å². The number of nitrogens with one attached hydrogen (secondary N) is 2. The van der Waals surface area contributed by atoms with Crippen molar-refractivity contribution >= 4 is 11.8 Å². The van der Waals surface area contributed by atoms with Crippen LogP contribution < -0.4 is 10.6 Å². The first-order valence-corrected chi connectivity index (χ1v) is 8.54. The van der Waals surface area contributed by atoms with Gasteiger partial charge in [0.05, 0.1) is 20.8 Å². The number of amides is 2. The highest BCUT2D eigenvalue weighted by atomic mass is 16.5.